The van der Waals surface area contributed by atoms with Crippen LogP contribution in [0.4, 0.5) is 0 Å². The highest BCUT2D eigenvalue weighted by molar-refractivity contribution is 4.96. The van der Waals surface area contributed by atoms with Crippen LogP contribution in [0, 0.1) is 0 Å². The van der Waals surface area contributed by atoms with Gasteiger partial charge in [-0.3, -0.25) is 4.90 Å². The van der Waals surface area contributed by atoms with Crippen molar-refractivity contribution in [3.8, 4) is 0 Å². The van der Waals surface area contributed by atoms with E-state index in [2.05, 4.69) is 11.9 Å². The molecule has 0 aromatic rings. The van der Waals surface area contributed by atoms with Crippen LogP contribution < -0.4 is 5.73 Å². The van der Waals surface area contributed by atoms with Crippen LogP contribution in [0.3, 0.4) is 0 Å². The summed E-state index contributed by atoms with van der Waals surface area (Å²) in [6, 6.07) is 2.03. The van der Waals surface area contributed by atoms with Crippen molar-refractivity contribution in [1.29, 1.82) is 0 Å². The molecule has 0 amide bonds. The standard InChI is InChI=1S/C8H16N2/c1-10-6-2-4-7(9)8(10)5-3-6/h6-8H,2-5,9H2,1H3/t6-,7-,8+/m0/s1. The third-order valence-corrected chi connectivity index (χ3v) is 3.22. The van der Waals surface area contributed by atoms with Gasteiger partial charge < -0.3 is 5.73 Å². The number of likely N-dealkylation sites (N-methyl/N-ethyl adjacent to an activating group) is 1. The number of nitrogens with zero attached hydrogens (tertiary/aromatic N) is 1. The monoisotopic (exact) mass is 140 g/mol. The lowest BCUT2D eigenvalue weighted by Gasteiger charge is -2.35. The largest absolute Gasteiger partial charge is 0.326 e. The van der Waals surface area contributed by atoms with E-state index in [4.69, 9.17) is 5.73 Å². The number of rotatable bonds is 0. The molecule has 0 saturated carbocycles. The molecule has 3 atom stereocenters. The van der Waals surface area contributed by atoms with E-state index in [0.717, 1.165) is 6.04 Å². The van der Waals surface area contributed by atoms with Crippen molar-refractivity contribution in [3.63, 3.8) is 0 Å². The highest BCUT2D eigenvalue weighted by Gasteiger charge is 2.37. The van der Waals surface area contributed by atoms with E-state index in [9.17, 15) is 0 Å². The van der Waals surface area contributed by atoms with Gasteiger partial charge in [0.15, 0.2) is 0 Å². The summed E-state index contributed by atoms with van der Waals surface area (Å²) in [5.74, 6) is 0. The van der Waals surface area contributed by atoms with Gasteiger partial charge >= 0.3 is 0 Å². The van der Waals surface area contributed by atoms with Gasteiger partial charge in [0.1, 0.15) is 0 Å². The quantitative estimate of drug-likeness (QED) is 0.533. The van der Waals surface area contributed by atoms with Gasteiger partial charge in [-0.15, -0.1) is 0 Å². The number of hydrogen-bond donors (Lipinski definition) is 1. The van der Waals surface area contributed by atoms with Crippen LogP contribution in [-0.2, 0) is 0 Å². The van der Waals surface area contributed by atoms with E-state index in [1.165, 1.54) is 25.7 Å². The second-order valence-electron chi connectivity index (χ2n) is 3.71. The van der Waals surface area contributed by atoms with E-state index in [1.54, 1.807) is 0 Å². The lowest BCUT2D eigenvalue weighted by atomic mass is 9.99. The average Bonchev–Trinajstić information content (AvgIpc) is 2.13. The summed E-state index contributed by atoms with van der Waals surface area (Å²) >= 11 is 0. The van der Waals surface area contributed by atoms with Gasteiger partial charge in [-0.1, -0.05) is 0 Å². The molecule has 10 heavy (non-hydrogen) atoms. The maximum Gasteiger partial charge on any atom is 0.0247 e. The normalized spacial score (nSPS) is 48.0. The number of hydrogen-bond acceptors (Lipinski definition) is 2. The molecule has 2 aliphatic heterocycles. The topological polar surface area (TPSA) is 29.3 Å². The van der Waals surface area contributed by atoms with Gasteiger partial charge in [-0.2, -0.15) is 0 Å². The Balaban J connectivity index is 2.13. The van der Waals surface area contributed by atoms with Crippen LogP contribution in [-0.4, -0.2) is 30.1 Å². The van der Waals surface area contributed by atoms with Crippen molar-refractivity contribution in [2.75, 3.05) is 7.05 Å². The summed E-state index contributed by atoms with van der Waals surface area (Å²) in [5.41, 5.74) is 5.96. The fourth-order valence-corrected chi connectivity index (χ4v) is 2.48. The molecule has 2 aliphatic rings. The summed E-state index contributed by atoms with van der Waals surface area (Å²) < 4.78 is 0. The zero-order chi connectivity index (χ0) is 7.14. The molecule has 2 saturated heterocycles. The van der Waals surface area contributed by atoms with Crippen molar-refractivity contribution in [2.24, 2.45) is 5.73 Å². The number of fused-ring (bicyclic) bond motifs is 2. The number of piperidine rings is 1. The second-order valence-corrected chi connectivity index (χ2v) is 3.71. The first-order valence-electron chi connectivity index (χ1n) is 4.26. The predicted octanol–water partition coefficient (Wildman–Crippen LogP) is 0.570. The Morgan fingerprint density at radius 1 is 1.20 bits per heavy atom. The first-order chi connectivity index (χ1) is 4.79. The molecule has 0 spiro atoms. The van der Waals surface area contributed by atoms with E-state index < -0.39 is 0 Å². The predicted molar refractivity (Wildman–Crippen MR) is 41.8 cm³/mol. The smallest absolute Gasteiger partial charge is 0.0247 e. The van der Waals surface area contributed by atoms with Crippen LogP contribution in [0.2, 0.25) is 0 Å². The van der Waals surface area contributed by atoms with E-state index >= 15 is 0 Å². The van der Waals surface area contributed by atoms with Crippen LogP contribution in [0.25, 0.3) is 0 Å². The Bertz CT molecular complexity index is 135. The van der Waals surface area contributed by atoms with Gasteiger partial charge in [0.2, 0.25) is 0 Å². The van der Waals surface area contributed by atoms with Crippen molar-refractivity contribution < 1.29 is 0 Å². The molecular weight excluding hydrogens is 124 g/mol. The maximum atomic E-state index is 5.96. The zero-order valence-electron chi connectivity index (χ0n) is 6.59. The molecular formula is C8H16N2. The lowest BCUT2D eigenvalue weighted by molar-refractivity contribution is 0.158. The van der Waals surface area contributed by atoms with E-state index in [-0.39, 0.29) is 0 Å². The van der Waals surface area contributed by atoms with Crippen molar-refractivity contribution in [2.45, 2.75) is 43.8 Å². The summed E-state index contributed by atoms with van der Waals surface area (Å²) in [4.78, 5) is 2.48. The Labute approximate surface area is 62.4 Å². The van der Waals surface area contributed by atoms with E-state index in [1.807, 2.05) is 0 Å². The zero-order valence-corrected chi connectivity index (χ0v) is 6.59. The molecule has 58 valence electrons. The summed E-state index contributed by atoms with van der Waals surface area (Å²) in [6.45, 7) is 0. The minimum absolute atomic E-state index is 0.462. The molecule has 2 rings (SSSR count). The van der Waals surface area contributed by atoms with Gasteiger partial charge in [-0.05, 0) is 32.7 Å². The third kappa shape index (κ3) is 0.789. The molecule has 2 N–H and O–H groups in total. The molecule has 2 heterocycles. The number of nitrogens with two attached hydrogens (primary N) is 1. The van der Waals surface area contributed by atoms with Crippen LogP contribution >= 0.6 is 0 Å². The lowest BCUT2D eigenvalue weighted by Crippen LogP contribution is -2.48. The molecule has 2 heteroatoms. The van der Waals surface area contributed by atoms with Gasteiger partial charge in [0.25, 0.3) is 0 Å². The third-order valence-electron chi connectivity index (χ3n) is 3.22. The molecule has 0 radical (unpaired) electrons. The average molecular weight is 140 g/mol. The summed E-state index contributed by atoms with van der Waals surface area (Å²) in [6.07, 6.45) is 5.30. The fourth-order valence-electron chi connectivity index (χ4n) is 2.48. The molecule has 2 nitrogen and oxygen atoms in total. The van der Waals surface area contributed by atoms with Crippen LogP contribution in [0.15, 0.2) is 0 Å². The fraction of sp³-hybridized carbons (Fsp3) is 1.00. The summed E-state index contributed by atoms with van der Waals surface area (Å²) in [7, 11) is 2.22. The first kappa shape index (κ1) is 6.62. The van der Waals surface area contributed by atoms with E-state index in [0.29, 0.717) is 12.1 Å². The Kier molecular flexibility index (Phi) is 1.46. The highest BCUT2D eigenvalue weighted by Crippen LogP contribution is 2.32. The molecule has 2 bridgehead atoms. The molecule has 0 aromatic heterocycles. The SMILES string of the molecule is CN1[C@@H]2CC[C@@H]1[C@@H](N)CC2. The summed E-state index contributed by atoms with van der Waals surface area (Å²) in [5, 5.41) is 0. The van der Waals surface area contributed by atoms with Crippen molar-refractivity contribution >= 4 is 0 Å². The highest BCUT2D eigenvalue weighted by atomic mass is 15.2. The van der Waals surface area contributed by atoms with Crippen molar-refractivity contribution in [1.82, 2.24) is 4.90 Å². The van der Waals surface area contributed by atoms with Gasteiger partial charge in [0, 0.05) is 18.1 Å². The minimum atomic E-state index is 0.462. The Morgan fingerprint density at radius 2 is 1.90 bits per heavy atom. The molecule has 0 unspecified atom stereocenters. The first-order valence-corrected chi connectivity index (χ1v) is 4.26. The Hall–Kier alpha value is -0.0800. The second kappa shape index (κ2) is 2.21. The van der Waals surface area contributed by atoms with Crippen LogP contribution in [0.5, 0.6) is 0 Å². The van der Waals surface area contributed by atoms with Crippen molar-refractivity contribution in [3.05, 3.63) is 0 Å². The minimum Gasteiger partial charge on any atom is -0.326 e. The Morgan fingerprint density at radius 3 is 2.60 bits per heavy atom. The molecule has 0 aromatic carbocycles. The van der Waals surface area contributed by atoms with Gasteiger partial charge in [0.05, 0.1) is 0 Å². The molecule has 0 aliphatic carbocycles. The maximum absolute atomic E-state index is 5.96. The van der Waals surface area contributed by atoms with Crippen LogP contribution in [0.1, 0.15) is 25.7 Å². The van der Waals surface area contributed by atoms with Gasteiger partial charge in [-0.25, -0.2) is 0 Å². The molecule has 2 fully saturated rings.